The predicted octanol–water partition coefficient (Wildman–Crippen LogP) is 3.59. The molecule has 4 heterocycles. The van der Waals surface area contributed by atoms with Gasteiger partial charge in [0.15, 0.2) is 0 Å². The maximum absolute atomic E-state index is 5.60. The van der Waals surface area contributed by atoms with Crippen LogP contribution in [0.4, 0.5) is 5.82 Å². The quantitative estimate of drug-likeness (QED) is 0.837. The highest BCUT2D eigenvalue weighted by atomic mass is 16.5. The summed E-state index contributed by atoms with van der Waals surface area (Å²) in [5, 5.41) is 4.78. The van der Waals surface area contributed by atoms with E-state index in [1.807, 2.05) is 0 Å². The van der Waals surface area contributed by atoms with E-state index in [2.05, 4.69) is 46.3 Å². The highest BCUT2D eigenvalue weighted by Gasteiger charge is 2.28. The third-order valence-electron chi connectivity index (χ3n) is 7.42. The molecule has 3 aliphatic rings. The zero-order valence-corrected chi connectivity index (χ0v) is 18.4. The first kappa shape index (κ1) is 20.2. The number of rotatable bonds is 4. The van der Waals surface area contributed by atoms with Gasteiger partial charge in [0.05, 0.1) is 18.7 Å². The van der Waals surface area contributed by atoms with Gasteiger partial charge >= 0.3 is 0 Å². The minimum Gasteiger partial charge on any atom is -0.378 e. The molecule has 5 heteroatoms. The summed E-state index contributed by atoms with van der Waals surface area (Å²) in [5.74, 6) is 3.06. The van der Waals surface area contributed by atoms with Crippen molar-refractivity contribution in [1.82, 2.24) is 15.2 Å². The molecular weight excluding hydrogens is 372 g/mol. The van der Waals surface area contributed by atoms with Gasteiger partial charge in [0.25, 0.3) is 0 Å². The fourth-order valence-corrected chi connectivity index (χ4v) is 5.62. The first-order valence-corrected chi connectivity index (χ1v) is 11.9. The predicted molar refractivity (Wildman–Crippen MR) is 123 cm³/mol. The summed E-state index contributed by atoms with van der Waals surface area (Å²) in [7, 11) is 0. The molecule has 0 saturated carbocycles. The van der Waals surface area contributed by atoms with Crippen molar-refractivity contribution < 1.29 is 4.74 Å². The average molecular weight is 409 g/mol. The molecule has 1 N–H and O–H groups in total. The van der Waals surface area contributed by atoms with E-state index in [4.69, 9.17) is 9.72 Å². The lowest BCUT2D eigenvalue weighted by Gasteiger charge is -2.38. The number of ether oxygens (including phenoxy) is 1. The van der Waals surface area contributed by atoms with Gasteiger partial charge in [-0.15, -0.1) is 0 Å². The molecular formula is C25H36N4O. The van der Waals surface area contributed by atoms with E-state index < -0.39 is 0 Å². The fraction of sp³-hybridized carbons (Fsp3) is 0.640. The van der Waals surface area contributed by atoms with E-state index in [0.29, 0.717) is 0 Å². The van der Waals surface area contributed by atoms with Gasteiger partial charge in [-0.25, -0.2) is 4.98 Å². The average Bonchev–Trinajstić information content (AvgIpc) is 2.80. The number of aromatic nitrogens is 1. The van der Waals surface area contributed by atoms with E-state index in [0.717, 1.165) is 50.2 Å². The molecule has 162 valence electrons. The van der Waals surface area contributed by atoms with Gasteiger partial charge in [0.1, 0.15) is 5.82 Å². The van der Waals surface area contributed by atoms with Crippen LogP contribution in [0.15, 0.2) is 24.3 Å². The summed E-state index contributed by atoms with van der Waals surface area (Å²) < 4.78 is 5.60. The Balaban J connectivity index is 1.33. The van der Waals surface area contributed by atoms with E-state index in [1.54, 1.807) is 0 Å². The molecule has 5 rings (SSSR count). The van der Waals surface area contributed by atoms with E-state index >= 15 is 0 Å². The van der Waals surface area contributed by atoms with Crippen LogP contribution >= 0.6 is 0 Å². The van der Waals surface area contributed by atoms with Crippen LogP contribution < -0.4 is 10.2 Å². The van der Waals surface area contributed by atoms with E-state index in [1.165, 1.54) is 74.2 Å². The maximum Gasteiger partial charge on any atom is 0.133 e. The molecule has 0 radical (unpaired) electrons. The van der Waals surface area contributed by atoms with Gasteiger partial charge in [0.2, 0.25) is 0 Å². The molecule has 1 aromatic carbocycles. The van der Waals surface area contributed by atoms with Crippen LogP contribution in [0, 0.1) is 18.8 Å². The largest absolute Gasteiger partial charge is 0.378 e. The van der Waals surface area contributed by atoms with Gasteiger partial charge in [0, 0.05) is 30.6 Å². The molecule has 30 heavy (non-hydrogen) atoms. The second-order valence-corrected chi connectivity index (χ2v) is 9.47. The molecule has 2 aromatic rings. The van der Waals surface area contributed by atoms with Crippen LogP contribution in [0.25, 0.3) is 10.9 Å². The Morgan fingerprint density at radius 3 is 2.47 bits per heavy atom. The lowest BCUT2D eigenvalue weighted by Crippen LogP contribution is -2.40. The number of benzene rings is 1. The molecule has 3 saturated heterocycles. The summed E-state index contributed by atoms with van der Waals surface area (Å²) in [6.45, 7) is 11.5. The summed E-state index contributed by atoms with van der Waals surface area (Å²) in [5.41, 5.74) is 3.77. The summed E-state index contributed by atoms with van der Waals surface area (Å²) in [4.78, 5) is 10.2. The van der Waals surface area contributed by atoms with Gasteiger partial charge < -0.3 is 15.0 Å². The minimum absolute atomic E-state index is 0.800. The number of hydrogen-bond donors (Lipinski definition) is 1. The zero-order chi connectivity index (χ0) is 20.3. The van der Waals surface area contributed by atoms with Crippen LogP contribution in [0.2, 0.25) is 0 Å². The first-order chi connectivity index (χ1) is 14.8. The Morgan fingerprint density at radius 1 is 0.967 bits per heavy atom. The number of nitrogens with one attached hydrogen (secondary N) is 1. The highest BCUT2D eigenvalue weighted by molar-refractivity contribution is 5.82. The van der Waals surface area contributed by atoms with Gasteiger partial charge in [-0.1, -0.05) is 12.1 Å². The Labute approximate surface area is 180 Å². The number of anilines is 1. The number of morpholine rings is 1. The second kappa shape index (κ2) is 9.21. The molecule has 0 spiro atoms. The lowest BCUT2D eigenvalue weighted by atomic mass is 9.79. The van der Waals surface area contributed by atoms with Crippen LogP contribution in [-0.4, -0.2) is 62.4 Å². The number of aryl methyl sites for hydroxylation is 1. The van der Waals surface area contributed by atoms with Crippen molar-refractivity contribution >= 4 is 16.7 Å². The molecule has 0 unspecified atom stereocenters. The number of hydrogen-bond acceptors (Lipinski definition) is 5. The van der Waals surface area contributed by atoms with Crippen LogP contribution in [0.1, 0.15) is 36.8 Å². The first-order valence-electron chi connectivity index (χ1n) is 11.9. The normalized spacial score (nSPS) is 22.6. The Morgan fingerprint density at radius 2 is 1.70 bits per heavy atom. The zero-order valence-electron chi connectivity index (χ0n) is 18.4. The Hall–Kier alpha value is -1.69. The second-order valence-electron chi connectivity index (χ2n) is 9.47. The number of pyridine rings is 1. The number of likely N-dealkylation sites (tertiary alicyclic amines) is 1. The van der Waals surface area contributed by atoms with Crippen molar-refractivity contribution in [3.63, 3.8) is 0 Å². The molecule has 1 aromatic heterocycles. The summed E-state index contributed by atoms with van der Waals surface area (Å²) >= 11 is 0. The number of piperidine rings is 2. The molecule has 0 amide bonds. The van der Waals surface area contributed by atoms with E-state index in [9.17, 15) is 0 Å². The van der Waals surface area contributed by atoms with Crippen molar-refractivity contribution in [2.45, 2.75) is 39.2 Å². The smallest absolute Gasteiger partial charge is 0.133 e. The molecule has 0 aliphatic carbocycles. The summed E-state index contributed by atoms with van der Waals surface area (Å²) in [6, 6.07) is 9.04. The van der Waals surface area contributed by atoms with Crippen LogP contribution in [-0.2, 0) is 11.3 Å². The van der Waals surface area contributed by atoms with Crippen molar-refractivity contribution in [3.8, 4) is 0 Å². The topological polar surface area (TPSA) is 40.6 Å². The van der Waals surface area contributed by atoms with Crippen molar-refractivity contribution in [3.05, 3.63) is 35.4 Å². The van der Waals surface area contributed by atoms with Crippen molar-refractivity contribution in [2.75, 3.05) is 57.4 Å². The Bertz CT molecular complexity index is 850. The minimum atomic E-state index is 0.800. The fourth-order valence-electron chi connectivity index (χ4n) is 5.62. The number of fused-ring (bicyclic) bond motifs is 1. The standard InChI is InChI=1S/C25H36N4O/c1-19-2-3-22-17-23(25(27-24(22)16-19)29-12-14-30-15-13-29)18-28-10-6-21(7-11-28)20-4-8-26-9-5-20/h2-3,16-17,20-21,26H,4-15,18H2,1H3. The third-order valence-corrected chi connectivity index (χ3v) is 7.42. The lowest BCUT2D eigenvalue weighted by molar-refractivity contribution is 0.120. The van der Waals surface area contributed by atoms with Crippen LogP contribution in [0.5, 0.6) is 0 Å². The monoisotopic (exact) mass is 408 g/mol. The maximum atomic E-state index is 5.60. The molecule has 0 atom stereocenters. The summed E-state index contributed by atoms with van der Waals surface area (Å²) in [6.07, 6.45) is 5.47. The molecule has 5 nitrogen and oxygen atoms in total. The van der Waals surface area contributed by atoms with Gasteiger partial charge in [-0.05, 0) is 88.3 Å². The van der Waals surface area contributed by atoms with Crippen molar-refractivity contribution in [2.24, 2.45) is 11.8 Å². The molecule has 3 fully saturated rings. The number of nitrogens with zero attached hydrogens (tertiary/aromatic N) is 3. The van der Waals surface area contributed by atoms with Crippen molar-refractivity contribution in [1.29, 1.82) is 0 Å². The molecule has 0 bridgehead atoms. The van der Waals surface area contributed by atoms with E-state index in [-0.39, 0.29) is 0 Å². The SMILES string of the molecule is Cc1ccc2cc(CN3CCC(C4CCNCC4)CC3)c(N3CCOCC3)nc2c1. The molecule has 3 aliphatic heterocycles. The van der Waals surface area contributed by atoms with Gasteiger partial charge in [-0.2, -0.15) is 0 Å². The highest BCUT2D eigenvalue weighted by Crippen LogP contribution is 2.32. The van der Waals surface area contributed by atoms with Crippen LogP contribution in [0.3, 0.4) is 0 Å². The Kier molecular flexibility index (Phi) is 6.21. The van der Waals surface area contributed by atoms with Gasteiger partial charge in [-0.3, -0.25) is 4.90 Å². The third kappa shape index (κ3) is 4.48.